The van der Waals surface area contributed by atoms with Gasteiger partial charge in [-0.2, -0.15) is 0 Å². The molecule has 5 heteroatoms. The summed E-state index contributed by atoms with van der Waals surface area (Å²) in [5.74, 6) is 0.439. The first kappa shape index (κ1) is 14.4. The number of ketones is 1. The van der Waals surface area contributed by atoms with E-state index in [1.54, 1.807) is 12.4 Å². The molecule has 0 spiro atoms. The summed E-state index contributed by atoms with van der Waals surface area (Å²) in [7, 11) is 0. The first-order valence-electron chi connectivity index (χ1n) is 6.78. The van der Waals surface area contributed by atoms with Crippen molar-refractivity contribution in [1.82, 2.24) is 15.2 Å². The van der Waals surface area contributed by atoms with Gasteiger partial charge in [0.25, 0.3) is 0 Å². The summed E-state index contributed by atoms with van der Waals surface area (Å²) in [6.07, 6.45) is 3.46. The Bertz CT molecular complexity index is 746. The van der Waals surface area contributed by atoms with E-state index in [-0.39, 0.29) is 5.78 Å². The molecule has 2 aromatic heterocycles. The number of hydrogen-bond donors (Lipinski definition) is 0. The van der Waals surface area contributed by atoms with Crippen LogP contribution in [0.15, 0.2) is 72.0 Å². The first-order valence-corrected chi connectivity index (χ1v) is 7.77. The van der Waals surface area contributed by atoms with Crippen LogP contribution in [-0.4, -0.2) is 26.7 Å². The van der Waals surface area contributed by atoms with E-state index in [2.05, 4.69) is 15.2 Å². The summed E-state index contributed by atoms with van der Waals surface area (Å²) in [4.78, 5) is 16.1. The van der Waals surface area contributed by atoms with Crippen LogP contribution in [0.3, 0.4) is 0 Å². The van der Waals surface area contributed by atoms with Gasteiger partial charge in [-0.25, -0.2) is 0 Å². The van der Waals surface area contributed by atoms with E-state index >= 15 is 0 Å². The number of thioether (sulfide) groups is 1. The Labute approximate surface area is 132 Å². The molecule has 0 saturated heterocycles. The van der Waals surface area contributed by atoms with Crippen molar-refractivity contribution < 1.29 is 4.79 Å². The molecule has 0 atom stereocenters. The number of Topliss-reactive ketones (excluding diaryl/α,β-unsaturated/α-hetero) is 1. The Kier molecular flexibility index (Phi) is 4.56. The van der Waals surface area contributed by atoms with Gasteiger partial charge in [0.1, 0.15) is 5.03 Å². The Hall–Kier alpha value is -2.53. The highest BCUT2D eigenvalue weighted by Gasteiger charge is 2.07. The van der Waals surface area contributed by atoms with E-state index in [0.29, 0.717) is 5.75 Å². The lowest BCUT2D eigenvalue weighted by Gasteiger charge is -2.02. The molecule has 1 aromatic carbocycles. The number of rotatable bonds is 5. The third kappa shape index (κ3) is 3.56. The first-order chi connectivity index (χ1) is 10.8. The third-order valence-corrected chi connectivity index (χ3v) is 3.96. The van der Waals surface area contributed by atoms with E-state index in [4.69, 9.17) is 0 Å². The van der Waals surface area contributed by atoms with Crippen LogP contribution in [0.25, 0.3) is 11.3 Å². The zero-order valence-corrected chi connectivity index (χ0v) is 12.5. The van der Waals surface area contributed by atoms with Crippen LogP contribution in [0, 0.1) is 0 Å². The number of benzene rings is 1. The molecular weight excluding hydrogens is 294 g/mol. The second-order valence-electron chi connectivity index (χ2n) is 4.58. The van der Waals surface area contributed by atoms with Crippen molar-refractivity contribution in [2.75, 3.05) is 5.75 Å². The van der Waals surface area contributed by atoms with Crippen molar-refractivity contribution >= 4 is 17.5 Å². The number of carbonyl (C=O) groups is 1. The van der Waals surface area contributed by atoms with Gasteiger partial charge in [-0.15, -0.1) is 10.2 Å². The van der Waals surface area contributed by atoms with Gasteiger partial charge in [0.05, 0.1) is 11.4 Å². The van der Waals surface area contributed by atoms with E-state index in [9.17, 15) is 4.79 Å². The molecule has 22 heavy (non-hydrogen) atoms. The molecule has 0 saturated carbocycles. The molecule has 0 bridgehead atoms. The molecule has 0 radical (unpaired) electrons. The second kappa shape index (κ2) is 6.95. The average Bonchev–Trinajstić information content (AvgIpc) is 2.61. The lowest BCUT2D eigenvalue weighted by molar-refractivity contribution is 0.102. The summed E-state index contributed by atoms with van der Waals surface area (Å²) in [5, 5.41) is 9.06. The van der Waals surface area contributed by atoms with E-state index in [1.807, 2.05) is 54.6 Å². The molecule has 0 unspecified atom stereocenters. The van der Waals surface area contributed by atoms with Gasteiger partial charge in [-0.3, -0.25) is 9.78 Å². The average molecular weight is 307 g/mol. The highest BCUT2D eigenvalue weighted by atomic mass is 32.2. The molecule has 108 valence electrons. The van der Waals surface area contributed by atoms with Gasteiger partial charge in [0.15, 0.2) is 5.78 Å². The minimum atomic E-state index is 0.0868. The summed E-state index contributed by atoms with van der Waals surface area (Å²) in [6, 6.07) is 16.8. The zero-order valence-electron chi connectivity index (χ0n) is 11.7. The highest BCUT2D eigenvalue weighted by Crippen LogP contribution is 2.19. The van der Waals surface area contributed by atoms with Gasteiger partial charge in [-0.1, -0.05) is 42.1 Å². The quantitative estimate of drug-likeness (QED) is 0.533. The standard InChI is InChI=1S/C17H13N3OS/c21-16(13-5-2-1-3-6-13)12-22-17-9-8-15(19-20-17)14-7-4-10-18-11-14/h1-11H,12H2. The molecule has 0 fully saturated rings. The summed E-state index contributed by atoms with van der Waals surface area (Å²) >= 11 is 1.39. The fourth-order valence-electron chi connectivity index (χ4n) is 1.91. The predicted molar refractivity (Wildman–Crippen MR) is 86.8 cm³/mol. The molecular formula is C17H13N3OS. The SMILES string of the molecule is O=C(CSc1ccc(-c2cccnc2)nn1)c1ccccc1. The van der Waals surface area contributed by atoms with Crippen LogP contribution in [0.4, 0.5) is 0 Å². The molecule has 0 N–H and O–H groups in total. The largest absolute Gasteiger partial charge is 0.293 e. The van der Waals surface area contributed by atoms with E-state index in [0.717, 1.165) is 21.8 Å². The predicted octanol–water partition coefficient (Wildman–Crippen LogP) is 3.51. The van der Waals surface area contributed by atoms with Crippen LogP contribution >= 0.6 is 11.8 Å². The number of pyridine rings is 1. The summed E-state index contributed by atoms with van der Waals surface area (Å²) in [5.41, 5.74) is 2.41. The Morgan fingerprint density at radius 3 is 2.50 bits per heavy atom. The minimum absolute atomic E-state index is 0.0868. The molecule has 3 rings (SSSR count). The van der Waals surface area contributed by atoms with Crippen LogP contribution in [0.2, 0.25) is 0 Å². The Morgan fingerprint density at radius 1 is 0.955 bits per heavy atom. The fraction of sp³-hybridized carbons (Fsp3) is 0.0588. The maximum atomic E-state index is 12.0. The molecule has 0 aliphatic heterocycles. The van der Waals surface area contributed by atoms with Crippen molar-refractivity contribution in [1.29, 1.82) is 0 Å². The molecule has 0 aliphatic carbocycles. The van der Waals surface area contributed by atoms with Gasteiger partial charge in [0, 0.05) is 23.5 Å². The minimum Gasteiger partial charge on any atom is -0.293 e. The lowest BCUT2D eigenvalue weighted by Crippen LogP contribution is -2.02. The zero-order chi connectivity index (χ0) is 15.2. The normalized spacial score (nSPS) is 10.4. The summed E-state index contributed by atoms with van der Waals surface area (Å²) < 4.78 is 0. The maximum absolute atomic E-state index is 12.0. The van der Waals surface area contributed by atoms with Crippen LogP contribution in [0.1, 0.15) is 10.4 Å². The maximum Gasteiger partial charge on any atom is 0.173 e. The van der Waals surface area contributed by atoms with Crippen LogP contribution in [-0.2, 0) is 0 Å². The number of aromatic nitrogens is 3. The Morgan fingerprint density at radius 2 is 1.82 bits per heavy atom. The summed E-state index contributed by atoms with van der Waals surface area (Å²) in [6.45, 7) is 0. The van der Waals surface area contributed by atoms with Crippen molar-refractivity contribution in [2.24, 2.45) is 0 Å². The topological polar surface area (TPSA) is 55.7 Å². The van der Waals surface area contributed by atoms with Crippen molar-refractivity contribution in [3.8, 4) is 11.3 Å². The van der Waals surface area contributed by atoms with E-state index < -0.39 is 0 Å². The molecule has 0 amide bonds. The molecule has 0 aliphatic rings. The van der Waals surface area contributed by atoms with Gasteiger partial charge in [0.2, 0.25) is 0 Å². The second-order valence-corrected chi connectivity index (χ2v) is 5.57. The molecule has 3 aromatic rings. The van der Waals surface area contributed by atoms with Crippen LogP contribution < -0.4 is 0 Å². The van der Waals surface area contributed by atoms with Crippen molar-refractivity contribution in [3.05, 3.63) is 72.6 Å². The van der Waals surface area contributed by atoms with E-state index in [1.165, 1.54) is 11.8 Å². The Balaban J connectivity index is 1.63. The molecule has 4 nitrogen and oxygen atoms in total. The molecule has 2 heterocycles. The number of hydrogen-bond acceptors (Lipinski definition) is 5. The monoisotopic (exact) mass is 307 g/mol. The highest BCUT2D eigenvalue weighted by molar-refractivity contribution is 7.99. The van der Waals surface area contributed by atoms with Gasteiger partial charge < -0.3 is 0 Å². The van der Waals surface area contributed by atoms with Gasteiger partial charge in [-0.05, 0) is 24.3 Å². The van der Waals surface area contributed by atoms with Crippen molar-refractivity contribution in [2.45, 2.75) is 5.03 Å². The number of carbonyl (C=O) groups excluding carboxylic acids is 1. The van der Waals surface area contributed by atoms with Gasteiger partial charge >= 0.3 is 0 Å². The number of nitrogens with zero attached hydrogens (tertiary/aromatic N) is 3. The third-order valence-electron chi connectivity index (χ3n) is 3.04. The smallest absolute Gasteiger partial charge is 0.173 e. The van der Waals surface area contributed by atoms with Crippen LogP contribution in [0.5, 0.6) is 0 Å². The lowest BCUT2D eigenvalue weighted by atomic mass is 10.2. The van der Waals surface area contributed by atoms with Crippen molar-refractivity contribution in [3.63, 3.8) is 0 Å². The fourth-order valence-corrected chi connectivity index (χ4v) is 2.62.